The summed E-state index contributed by atoms with van der Waals surface area (Å²) in [5, 5.41) is 11.4. The van der Waals surface area contributed by atoms with Crippen LogP contribution in [0.1, 0.15) is 32.6 Å². The van der Waals surface area contributed by atoms with Gasteiger partial charge >= 0.3 is 0 Å². The van der Waals surface area contributed by atoms with Gasteiger partial charge in [0.1, 0.15) is 5.78 Å². The van der Waals surface area contributed by atoms with Crippen molar-refractivity contribution in [3.63, 3.8) is 0 Å². The van der Waals surface area contributed by atoms with Gasteiger partial charge in [0.05, 0.1) is 6.61 Å². The van der Waals surface area contributed by atoms with Crippen molar-refractivity contribution in [1.82, 2.24) is 0 Å². The number of carbonyl (C=O) groups is 2. The van der Waals surface area contributed by atoms with Gasteiger partial charge in [0.25, 0.3) is 5.97 Å². The SMILES string of the molecule is CCOC(=O)C1CC2CC(=O)CCC2C[N-]1.CO.[Y]. The zero-order valence-corrected chi connectivity index (χ0v) is 14.5. The molecule has 2 aliphatic rings. The Morgan fingerprint density at radius 2 is 2.11 bits per heavy atom. The zero-order valence-electron chi connectivity index (χ0n) is 11.7. The first kappa shape index (κ1) is 19.2. The molecular weight excluding hydrogens is 323 g/mol. The van der Waals surface area contributed by atoms with Crippen LogP contribution >= 0.6 is 0 Å². The van der Waals surface area contributed by atoms with Gasteiger partial charge in [-0.3, -0.25) is 9.59 Å². The van der Waals surface area contributed by atoms with Crippen molar-refractivity contribution in [2.24, 2.45) is 11.8 Å². The van der Waals surface area contributed by atoms with E-state index in [9.17, 15) is 9.59 Å². The molecule has 0 bridgehead atoms. The molecule has 1 aliphatic carbocycles. The first-order valence-corrected chi connectivity index (χ1v) is 6.50. The van der Waals surface area contributed by atoms with Crippen LogP contribution in [0, 0.1) is 11.8 Å². The summed E-state index contributed by atoms with van der Waals surface area (Å²) >= 11 is 0. The second-order valence-electron chi connectivity index (χ2n) is 4.67. The summed E-state index contributed by atoms with van der Waals surface area (Å²) < 4.78 is 4.97. The van der Waals surface area contributed by atoms with E-state index in [0.29, 0.717) is 43.5 Å². The number of ether oxygens (including phenoxy) is 1. The number of aliphatic hydroxyl groups is 1. The van der Waals surface area contributed by atoms with Crippen molar-refractivity contribution < 1.29 is 52.1 Å². The third kappa shape index (κ3) is 5.58. The number of Topliss-reactive ketones (excluding diaryl/α,β-unsaturated/α-hetero) is 1. The molecule has 1 radical (unpaired) electrons. The van der Waals surface area contributed by atoms with Crippen LogP contribution in [0.5, 0.6) is 0 Å². The van der Waals surface area contributed by atoms with Gasteiger partial charge in [0, 0.05) is 52.7 Å². The topological polar surface area (TPSA) is 77.7 Å². The Balaban J connectivity index is 0.00000103. The fraction of sp³-hybridized carbons (Fsp3) is 0.846. The van der Waals surface area contributed by atoms with E-state index in [1.165, 1.54) is 0 Å². The Kier molecular flexibility index (Phi) is 10.1. The Hall–Kier alpha value is 0.164. The molecule has 0 aromatic carbocycles. The average Bonchev–Trinajstić information content (AvgIpc) is 2.40. The smallest absolute Gasteiger partial charge is 0.287 e. The van der Waals surface area contributed by atoms with E-state index in [1.807, 2.05) is 0 Å². The number of rotatable bonds is 2. The summed E-state index contributed by atoms with van der Waals surface area (Å²) in [6, 6.07) is -0.327. The molecule has 1 aliphatic heterocycles. The number of hydrogen-bond donors (Lipinski definition) is 1. The maximum absolute atomic E-state index is 11.6. The molecule has 1 saturated heterocycles. The molecule has 1 saturated carbocycles. The number of esters is 1. The van der Waals surface area contributed by atoms with Crippen molar-refractivity contribution in [1.29, 1.82) is 0 Å². The molecular formula is C13H22NO4Y-. The molecule has 0 aromatic heterocycles. The first-order chi connectivity index (χ1) is 8.70. The van der Waals surface area contributed by atoms with Crippen LogP contribution in [0.4, 0.5) is 0 Å². The molecule has 2 rings (SSSR count). The molecule has 6 heteroatoms. The minimum Gasteiger partial charge on any atom is -0.650 e. The van der Waals surface area contributed by atoms with Crippen molar-refractivity contribution in [3.8, 4) is 0 Å². The number of carbonyl (C=O) groups excluding carboxylic acids is 2. The second kappa shape index (κ2) is 9.97. The Morgan fingerprint density at radius 3 is 2.74 bits per heavy atom. The molecule has 3 unspecified atom stereocenters. The monoisotopic (exact) mass is 345 g/mol. The zero-order chi connectivity index (χ0) is 13.5. The van der Waals surface area contributed by atoms with Gasteiger partial charge in [-0.25, -0.2) is 0 Å². The molecule has 107 valence electrons. The molecule has 3 atom stereocenters. The van der Waals surface area contributed by atoms with Crippen LogP contribution in [0.25, 0.3) is 5.32 Å². The van der Waals surface area contributed by atoms with E-state index in [2.05, 4.69) is 5.32 Å². The molecule has 0 aromatic rings. The normalized spacial score (nSPS) is 29.2. The summed E-state index contributed by atoms with van der Waals surface area (Å²) in [6.07, 6.45) is 2.98. The number of hydrogen-bond acceptors (Lipinski definition) is 4. The van der Waals surface area contributed by atoms with E-state index in [4.69, 9.17) is 9.84 Å². The van der Waals surface area contributed by atoms with E-state index in [-0.39, 0.29) is 44.7 Å². The van der Waals surface area contributed by atoms with E-state index >= 15 is 0 Å². The maximum Gasteiger partial charge on any atom is 0.287 e. The van der Waals surface area contributed by atoms with Crippen LogP contribution in [0.15, 0.2) is 0 Å². The summed E-state index contributed by atoms with van der Waals surface area (Å²) in [5.74, 6) is 0.987. The number of piperidine rings is 1. The standard InChI is InChI=1S/C12H18NO3.CH4O.Y/c1-2-16-12(15)11-6-9-5-10(14)4-3-8(9)7-13-11;1-2;/h8-9,11H,2-7H2,1H3;2H,1H3;/q-1;;. The third-order valence-electron chi connectivity index (χ3n) is 3.60. The molecule has 5 nitrogen and oxygen atoms in total. The van der Waals surface area contributed by atoms with Gasteiger partial charge in [-0.15, -0.1) is 6.54 Å². The van der Waals surface area contributed by atoms with Crippen LogP contribution < -0.4 is 0 Å². The van der Waals surface area contributed by atoms with Crippen molar-refractivity contribution >= 4 is 11.8 Å². The number of fused-ring (bicyclic) bond motifs is 1. The van der Waals surface area contributed by atoms with Gasteiger partial charge in [-0.2, -0.15) is 0 Å². The number of ketones is 1. The van der Waals surface area contributed by atoms with Crippen molar-refractivity contribution in [3.05, 3.63) is 5.32 Å². The van der Waals surface area contributed by atoms with Crippen LogP contribution in [0.3, 0.4) is 0 Å². The van der Waals surface area contributed by atoms with Gasteiger partial charge < -0.3 is 15.2 Å². The molecule has 1 N–H and O–H groups in total. The summed E-state index contributed by atoms with van der Waals surface area (Å²) in [5.41, 5.74) is 0. The average molecular weight is 345 g/mol. The molecule has 2 fully saturated rings. The molecule has 19 heavy (non-hydrogen) atoms. The van der Waals surface area contributed by atoms with Crippen molar-refractivity contribution in [2.75, 3.05) is 20.3 Å². The van der Waals surface area contributed by atoms with Gasteiger partial charge in [-0.05, 0) is 25.3 Å². The fourth-order valence-electron chi connectivity index (χ4n) is 2.69. The van der Waals surface area contributed by atoms with E-state index in [1.54, 1.807) is 6.92 Å². The van der Waals surface area contributed by atoms with Crippen LogP contribution in [-0.4, -0.2) is 43.2 Å². The molecule has 0 amide bonds. The van der Waals surface area contributed by atoms with Gasteiger partial charge in [-0.1, -0.05) is 12.3 Å². The second-order valence-corrected chi connectivity index (χ2v) is 4.67. The summed E-state index contributed by atoms with van der Waals surface area (Å²) in [4.78, 5) is 22.9. The Morgan fingerprint density at radius 1 is 1.42 bits per heavy atom. The fourth-order valence-corrected chi connectivity index (χ4v) is 2.69. The van der Waals surface area contributed by atoms with Crippen molar-refractivity contribution in [2.45, 2.75) is 38.6 Å². The van der Waals surface area contributed by atoms with Crippen LogP contribution in [-0.2, 0) is 47.0 Å². The summed E-state index contributed by atoms with van der Waals surface area (Å²) in [6.45, 7) is 2.92. The summed E-state index contributed by atoms with van der Waals surface area (Å²) in [7, 11) is 1.00. The van der Waals surface area contributed by atoms with E-state index in [0.717, 1.165) is 20.1 Å². The largest absolute Gasteiger partial charge is 0.650 e. The predicted molar refractivity (Wildman–Crippen MR) is 67.2 cm³/mol. The van der Waals surface area contributed by atoms with Gasteiger partial charge in [0.2, 0.25) is 0 Å². The number of aliphatic hydroxyl groups excluding tert-OH is 1. The van der Waals surface area contributed by atoms with E-state index < -0.39 is 0 Å². The Bertz CT molecular complexity index is 298. The molecule has 1 heterocycles. The Labute approximate surface area is 139 Å². The quantitative estimate of drug-likeness (QED) is 0.765. The maximum atomic E-state index is 11.6. The number of nitrogens with zero attached hydrogens (tertiary/aromatic N) is 1. The minimum absolute atomic E-state index is 0. The predicted octanol–water partition coefficient (Wildman–Crippen LogP) is 1.29. The third-order valence-corrected chi connectivity index (χ3v) is 3.60. The minimum atomic E-state index is -0.327. The van der Waals surface area contributed by atoms with Gasteiger partial charge in [0.15, 0.2) is 0 Å². The molecule has 0 spiro atoms. The first-order valence-electron chi connectivity index (χ1n) is 6.50. The van der Waals surface area contributed by atoms with Crippen LogP contribution in [0.2, 0.25) is 0 Å².